The summed E-state index contributed by atoms with van der Waals surface area (Å²) in [5.74, 6) is 0.144. The molecule has 0 spiro atoms. The van der Waals surface area contributed by atoms with Crippen LogP contribution in [0.1, 0.15) is 37.3 Å². The predicted molar refractivity (Wildman–Crippen MR) is 132 cm³/mol. The number of aryl methyl sites for hydroxylation is 1. The summed E-state index contributed by atoms with van der Waals surface area (Å²) < 4.78 is 1.77. The molecular formula is C25H25ClN6O. The molecular weight excluding hydrogens is 436 g/mol. The van der Waals surface area contributed by atoms with Crippen molar-refractivity contribution in [3.05, 3.63) is 69.9 Å². The molecule has 1 aromatic carbocycles. The molecule has 0 amide bonds. The summed E-state index contributed by atoms with van der Waals surface area (Å²) in [5.41, 5.74) is 16.6. The number of hydrogen-bond donors (Lipinski definition) is 2. The molecule has 3 heterocycles. The second kappa shape index (κ2) is 8.57. The van der Waals surface area contributed by atoms with Gasteiger partial charge < -0.3 is 11.5 Å². The third-order valence-corrected chi connectivity index (χ3v) is 6.68. The van der Waals surface area contributed by atoms with Gasteiger partial charge in [0.25, 0.3) is 5.56 Å². The van der Waals surface area contributed by atoms with Crippen LogP contribution in [0.15, 0.2) is 53.7 Å². The molecule has 8 heteroatoms. The summed E-state index contributed by atoms with van der Waals surface area (Å²) >= 11 is 6.72. The van der Waals surface area contributed by atoms with Gasteiger partial charge in [0.1, 0.15) is 5.65 Å². The van der Waals surface area contributed by atoms with Crippen LogP contribution in [0.3, 0.4) is 0 Å². The molecule has 0 atom stereocenters. The highest BCUT2D eigenvalue weighted by Gasteiger charge is 2.25. The van der Waals surface area contributed by atoms with Crippen LogP contribution in [-0.4, -0.2) is 25.6 Å². The van der Waals surface area contributed by atoms with Gasteiger partial charge in [0.2, 0.25) is 5.95 Å². The van der Waals surface area contributed by atoms with E-state index in [-0.39, 0.29) is 23.6 Å². The zero-order valence-corrected chi connectivity index (χ0v) is 19.1. The lowest BCUT2D eigenvalue weighted by Gasteiger charge is -2.29. The Morgan fingerprint density at radius 2 is 1.79 bits per heavy atom. The van der Waals surface area contributed by atoms with Crippen molar-refractivity contribution in [2.24, 2.45) is 5.73 Å². The van der Waals surface area contributed by atoms with Gasteiger partial charge in [0, 0.05) is 57.8 Å². The minimum absolute atomic E-state index is 0.00506. The van der Waals surface area contributed by atoms with Crippen LogP contribution in [0.25, 0.3) is 33.3 Å². The molecule has 168 valence electrons. The zero-order chi connectivity index (χ0) is 23.1. The number of rotatable bonds is 3. The van der Waals surface area contributed by atoms with E-state index in [1.165, 1.54) is 0 Å². The molecule has 33 heavy (non-hydrogen) atoms. The Morgan fingerprint density at radius 1 is 1.00 bits per heavy atom. The van der Waals surface area contributed by atoms with Gasteiger partial charge in [-0.2, -0.15) is 4.98 Å². The van der Waals surface area contributed by atoms with Crippen LogP contribution >= 0.6 is 11.6 Å². The SMILES string of the molecule is Cc1cncc(-c2ccc(-c3cc4cnc(N)nc4n(C4CCC(N)CC4)c3=O)c(Cl)c2)c1. The third-order valence-electron chi connectivity index (χ3n) is 6.37. The van der Waals surface area contributed by atoms with Crippen LogP contribution in [0.5, 0.6) is 0 Å². The number of pyridine rings is 2. The van der Waals surface area contributed by atoms with Crippen molar-refractivity contribution in [3.8, 4) is 22.3 Å². The van der Waals surface area contributed by atoms with Gasteiger partial charge in [-0.15, -0.1) is 0 Å². The molecule has 1 fully saturated rings. The number of benzene rings is 1. The molecule has 0 aliphatic heterocycles. The van der Waals surface area contributed by atoms with Crippen molar-refractivity contribution >= 4 is 28.6 Å². The fraction of sp³-hybridized carbons (Fsp3) is 0.280. The van der Waals surface area contributed by atoms with Crippen molar-refractivity contribution in [1.82, 2.24) is 19.5 Å². The third kappa shape index (κ3) is 4.10. The largest absolute Gasteiger partial charge is 0.368 e. The Balaban J connectivity index is 1.66. The van der Waals surface area contributed by atoms with Gasteiger partial charge in [-0.1, -0.05) is 23.7 Å². The van der Waals surface area contributed by atoms with Crippen LogP contribution < -0.4 is 17.0 Å². The number of hydrogen-bond acceptors (Lipinski definition) is 6. The van der Waals surface area contributed by atoms with E-state index in [0.717, 1.165) is 47.8 Å². The normalized spacial score (nSPS) is 18.5. The second-order valence-corrected chi connectivity index (χ2v) is 9.16. The molecule has 4 aromatic rings. The monoisotopic (exact) mass is 460 g/mol. The number of fused-ring (bicyclic) bond motifs is 1. The standard InChI is InChI=1S/C25H25ClN6O/c1-14-8-16(12-29-11-14)15-2-7-20(22(26)10-15)21-9-17-13-30-25(28)31-23(17)32(24(21)33)19-5-3-18(27)4-6-19/h2,7-13,18-19H,3-6,27H2,1H3,(H2,28,30,31). The molecule has 1 aliphatic rings. The lowest BCUT2D eigenvalue weighted by molar-refractivity contribution is 0.324. The Labute approximate surface area is 196 Å². The van der Waals surface area contributed by atoms with Gasteiger partial charge in [-0.25, -0.2) is 4.98 Å². The summed E-state index contributed by atoms with van der Waals surface area (Å²) in [6.07, 6.45) is 8.63. The van der Waals surface area contributed by atoms with Gasteiger partial charge in [-0.3, -0.25) is 14.3 Å². The molecule has 1 aliphatic carbocycles. The van der Waals surface area contributed by atoms with Crippen LogP contribution in [0, 0.1) is 6.92 Å². The zero-order valence-electron chi connectivity index (χ0n) is 18.3. The first-order valence-electron chi connectivity index (χ1n) is 11.1. The lowest BCUT2D eigenvalue weighted by Crippen LogP contribution is -2.33. The Kier molecular flexibility index (Phi) is 5.60. The van der Waals surface area contributed by atoms with Crippen LogP contribution in [0.2, 0.25) is 5.02 Å². The summed E-state index contributed by atoms with van der Waals surface area (Å²) in [4.78, 5) is 26.6. The first kappa shape index (κ1) is 21.6. The smallest absolute Gasteiger partial charge is 0.260 e. The van der Waals surface area contributed by atoms with Gasteiger partial charge in [-0.05, 0) is 61.9 Å². The summed E-state index contributed by atoms with van der Waals surface area (Å²) in [7, 11) is 0. The highest BCUT2D eigenvalue weighted by Crippen LogP contribution is 2.34. The number of anilines is 1. The summed E-state index contributed by atoms with van der Waals surface area (Å²) in [5, 5.41) is 1.25. The number of nitrogens with two attached hydrogens (primary N) is 2. The van der Waals surface area contributed by atoms with Crippen molar-refractivity contribution in [1.29, 1.82) is 0 Å². The van der Waals surface area contributed by atoms with E-state index in [0.29, 0.717) is 21.8 Å². The second-order valence-electron chi connectivity index (χ2n) is 8.75. The molecule has 4 N–H and O–H groups in total. The van der Waals surface area contributed by atoms with Gasteiger partial charge in [0.05, 0.1) is 0 Å². The molecule has 0 unspecified atom stereocenters. The van der Waals surface area contributed by atoms with Gasteiger partial charge >= 0.3 is 0 Å². The van der Waals surface area contributed by atoms with E-state index in [1.54, 1.807) is 23.0 Å². The maximum Gasteiger partial charge on any atom is 0.260 e. The minimum Gasteiger partial charge on any atom is -0.368 e. The first-order valence-corrected chi connectivity index (χ1v) is 11.4. The fourth-order valence-electron chi connectivity index (χ4n) is 4.65. The van der Waals surface area contributed by atoms with E-state index in [4.69, 9.17) is 23.1 Å². The molecule has 7 nitrogen and oxygen atoms in total. The maximum atomic E-state index is 13.8. The van der Waals surface area contributed by atoms with E-state index in [1.807, 2.05) is 31.3 Å². The maximum absolute atomic E-state index is 13.8. The van der Waals surface area contributed by atoms with E-state index >= 15 is 0 Å². The number of aromatic nitrogens is 4. The van der Waals surface area contributed by atoms with Crippen molar-refractivity contribution in [2.45, 2.75) is 44.7 Å². The Hall–Kier alpha value is -3.29. The summed E-state index contributed by atoms with van der Waals surface area (Å²) in [6.45, 7) is 2.00. The topological polar surface area (TPSA) is 113 Å². The average molecular weight is 461 g/mol. The highest BCUT2D eigenvalue weighted by molar-refractivity contribution is 6.33. The van der Waals surface area contributed by atoms with Crippen LogP contribution in [-0.2, 0) is 0 Å². The lowest BCUT2D eigenvalue weighted by atomic mass is 9.91. The fourth-order valence-corrected chi connectivity index (χ4v) is 4.93. The number of nitrogen functional groups attached to an aromatic ring is 1. The van der Waals surface area contributed by atoms with E-state index in [2.05, 4.69) is 21.0 Å². The Bertz CT molecular complexity index is 1410. The molecule has 0 saturated heterocycles. The number of halogens is 1. The van der Waals surface area contributed by atoms with E-state index < -0.39 is 0 Å². The Morgan fingerprint density at radius 3 is 2.52 bits per heavy atom. The molecule has 0 bridgehead atoms. The van der Waals surface area contributed by atoms with Gasteiger partial charge in [0.15, 0.2) is 0 Å². The first-order chi connectivity index (χ1) is 15.9. The number of nitrogens with zero attached hydrogens (tertiary/aromatic N) is 4. The predicted octanol–water partition coefficient (Wildman–Crippen LogP) is 4.51. The molecule has 5 rings (SSSR count). The molecule has 0 radical (unpaired) electrons. The van der Waals surface area contributed by atoms with Crippen molar-refractivity contribution in [2.75, 3.05) is 5.73 Å². The minimum atomic E-state index is -0.132. The average Bonchev–Trinajstić information content (AvgIpc) is 2.80. The molecule has 1 saturated carbocycles. The van der Waals surface area contributed by atoms with Crippen molar-refractivity contribution < 1.29 is 0 Å². The quantitative estimate of drug-likeness (QED) is 0.465. The van der Waals surface area contributed by atoms with E-state index in [9.17, 15) is 4.79 Å². The highest BCUT2D eigenvalue weighted by atomic mass is 35.5. The van der Waals surface area contributed by atoms with Crippen LogP contribution in [0.4, 0.5) is 5.95 Å². The van der Waals surface area contributed by atoms with Crippen molar-refractivity contribution in [3.63, 3.8) is 0 Å². The summed E-state index contributed by atoms with van der Waals surface area (Å²) in [6, 6.07) is 9.76. The molecule has 3 aromatic heterocycles.